The zero-order valence-corrected chi connectivity index (χ0v) is 28.4. The standard InChI is InChI=1S/C32H45ClN4O3SSi/c1-20(2)42(21(3)4,22(5)6)40-29-14-26(12-24(29)17-38)36-32-28(15-34-19-35-32)31(39)30-11-23(18-41-30)16-37(7)27-10-8-9-25(33)13-27/h8-11,13,15,18-22,24,26,29,38H,12,14,16-17H2,1-7H3,(H,34,35,36)/t24-,26-,29+/m1/s1. The molecule has 2 N–H and O–H groups in total. The molecule has 228 valence electrons. The number of aromatic nitrogens is 2. The summed E-state index contributed by atoms with van der Waals surface area (Å²) in [5.74, 6) is 0.474. The maximum absolute atomic E-state index is 13.7. The van der Waals surface area contributed by atoms with Crippen LogP contribution in [-0.2, 0) is 11.0 Å². The number of hydrogen-bond acceptors (Lipinski definition) is 8. The molecule has 1 aromatic carbocycles. The maximum atomic E-state index is 13.7. The van der Waals surface area contributed by atoms with Gasteiger partial charge in [0.1, 0.15) is 12.1 Å². The zero-order valence-electron chi connectivity index (χ0n) is 25.8. The van der Waals surface area contributed by atoms with Gasteiger partial charge in [-0.1, -0.05) is 59.2 Å². The van der Waals surface area contributed by atoms with E-state index < -0.39 is 8.32 Å². The predicted molar refractivity (Wildman–Crippen MR) is 176 cm³/mol. The third kappa shape index (κ3) is 7.08. The summed E-state index contributed by atoms with van der Waals surface area (Å²) < 4.78 is 7.10. The Hall–Kier alpha value is -2.30. The Morgan fingerprint density at radius 1 is 1.17 bits per heavy atom. The minimum absolute atomic E-state index is 0.0244. The van der Waals surface area contributed by atoms with Crippen molar-refractivity contribution >= 4 is 48.5 Å². The fourth-order valence-electron chi connectivity index (χ4n) is 6.80. The summed E-state index contributed by atoms with van der Waals surface area (Å²) in [6.07, 6.45) is 4.57. The van der Waals surface area contributed by atoms with Crippen LogP contribution in [0.3, 0.4) is 0 Å². The van der Waals surface area contributed by atoms with Crippen molar-refractivity contribution in [1.29, 1.82) is 0 Å². The quantitative estimate of drug-likeness (QED) is 0.147. The average Bonchev–Trinajstić information content (AvgIpc) is 3.57. The van der Waals surface area contributed by atoms with Crippen molar-refractivity contribution in [3.8, 4) is 0 Å². The van der Waals surface area contributed by atoms with Gasteiger partial charge in [-0.15, -0.1) is 11.3 Å². The minimum Gasteiger partial charge on any atom is -0.413 e. The number of carbonyl (C=O) groups is 1. The van der Waals surface area contributed by atoms with Gasteiger partial charge in [0, 0.05) is 49.1 Å². The number of rotatable bonds is 13. The smallest absolute Gasteiger partial charge is 0.208 e. The van der Waals surface area contributed by atoms with Crippen LogP contribution in [-0.4, -0.2) is 55.0 Å². The molecule has 1 saturated carbocycles. The molecule has 1 aliphatic carbocycles. The number of nitrogens with zero attached hydrogens (tertiary/aromatic N) is 3. The third-order valence-corrected chi connectivity index (χ3v) is 16.1. The van der Waals surface area contributed by atoms with E-state index in [1.54, 1.807) is 6.20 Å². The number of aliphatic hydroxyl groups excluding tert-OH is 1. The molecule has 0 saturated heterocycles. The van der Waals surface area contributed by atoms with Crippen LogP contribution in [0.15, 0.2) is 48.2 Å². The number of aliphatic hydroxyl groups is 1. The van der Waals surface area contributed by atoms with Gasteiger partial charge in [0.2, 0.25) is 14.1 Å². The van der Waals surface area contributed by atoms with E-state index in [4.69, 9.17) is 16.0 Å². The molecule has 3 atom stereocenters. The minimum atomic E-state index is -2.11. The van der Waals surface area contributed by atoms with E-state index in [-0.39, 0.29) is 30.5 Å². The van der Waals surface area contributed by atoms with Crippen LogP contribution in [0.5, 0.6) is 0 Å². The van der Waals surface area contributed by atoms with E-state index in [9.17, 15) is 9.90 Å². The van der Waals surface area contributed by atoms with Crippen molar-refractivity contribution in [2.45, 2.75) is 89.7 Å². The van der Waals surface area contributed by atoms with Crippen molar-refractivity contribution in [1.82, 2.24) is 9.97 Å². The highest BCUT2D eigenvalue weighted by Crippen LogP contribution is 2.46. The summed E-state index contributed by atoms with van der Waals surface area (Å²) in [5.41, 5.74) is 3.92. The fourth-order valence-corrected chi connectivity index (χ4v) is 13.5. The topological polar surface area (TPSA) is 87.6 Å². The van der Waals surface area contributed by atoms with Gasteiger partial charge in [0.25, 0.3) is 0 Å². The molecule has 3 aromatic rings. The largest absolute Gasteiger partial charge is 0.413 e. The monoisotopic (exact) mass is 628 g/mol. The second kappa shape index (κ2) is 14.0. The van der Waals surface area contributed by atoms with Crippen molar-refractivity contribution in [2.75, 3.05) is 23.9 Å². The maximum Gasteiger partial charge on any atom is 0.208 e. The van der Waals surface area contributed by atoms with Crippen molar-refractivity contribution in [3.63, 3.8) is 0 Å². The summed E-state index contributed by atoms with van der Waals surface area (Å²) in [4.78, 5) is 25.0. The Labute approximate surface area is 260 Å². The summed E-state index contributed by atoms with van der Waals surface area (Å²) in [6.45, 7) is 14.5. The first-order valence-electron chi connectivity index (χ1n) is 14.9. The average molecular weight is 629 g/mol. The second-order valence-electron chi connectivity index (χ2n) is 12.5. The lowest BCUT2D eigenvalue weighted by atomic mass is 10.1. The number of benzene rings is 1. The number of halogens is 1. The van der Waals surface area contributed by atoms with E-state index in [0.717, 1.165) is 24.1 Å². The molecule has 1 aliphatic rings. The predicted octanol–water partition coefficient (Wildman–Crippen LogP) is 7.80. The number of carbonyl (C=O) groups excluding carboxylic acids is 1. The Kier molecular flexibility index (Phi) is 10.9. The van der Waals surface area contributed by atoms with Crippen LogP contribution in [0, 0.1) is 5.92 Å². The number of anilines is 2. The first-order valence-corrected chi connectivity index (χ1v) is 18.3. The van der Waals surface area contributed by atoms with E-state index in [0.29, 0.717) is 44.4 Å². The van der Waals surface area contributed by atoms with Crippen molar-refractivity contribution in [3.05, 3.63) is 69.3 Å². The van der Waals surface area contributed by atoms with Crippen LogP contribution in [0.1, 0.15) is 75.2 Å². The van der Waals surface area contributed by atoms with E-state index in [2.05, 4.69) is 61.7 Å². The SMILES string of the molecule is CC(C)[Si](O[C@H]1C[C@H](Nc2ncncc2C(=O)c2cc(CN(C)c3cccc(Cl)c3)cs2)C[C@@H]1CO)(C(C)C)C(C)C. The van der Waals surface area contributed by atoms with Gasteiger partial charge >= 0.3 is 0 Å². The van der Waals surface area contributed by atoms with Gasteiger partial charge < -0.3 is 19.7 Å². The van der Waals surface area contributed by atoms with Crippen LogP contribution >= 0.6 is 22.9 Å². The zero-order chi connectivity index (χ0) is 30.6. The molecule has 0 radical (unpaired) electrons. The molecule has 0 amide bonds. The molecule has 4 rings (SSSR count). The molecule has 0 spiro atoms. The van der Waals surface area contributed by atoms with Gasteiger partial charge in [-0.2, -0.15) is 0 Å². The number of thiophene rings is 1. The normalized spacial score (nSPS) is 19.2. The first kappa shape index (κ1) is 32.6. The molecular formula is C32H45ClN4O3SSi. The molecule has 42 heavy (non-hydrogen) atoms. The fraction of sp³-hybridized carbons (Fsp3) is 0.531. The highest BCUT2D eigenvalue weighted by atomic mass is 35.5. The van der Waals surface area contributed by atoms with Gasteiger partial charge in [0.15, 0.2) is 0 Å². The van der Waals surface area contributed by atoms with Gasteiger partial charge in [-0.25, -0.2) is 9.97 Å². The Balaban J connectivity index is 1.48. The molecule has 0 unspecified atom stereocenters. The number of ketones is 1. The first-order chi connectivity index (χ1) is 20.0. The van der Waals surface area contributed by atoms with Crippen LogP contribution in [0.25, 0.3) is 0 Å². The van der Waals surface area contributed by atoms with Gasteiger partial charge in [0.05, 0.1) is 16.5 Å². The summed E-state index contributed by atoms with van der Waals surface area (Å²) in [7, 11) is -0.101. The Morgan fingerprint density at radius 2 is 1.88 bits per heavy atom. The summed E-state index contributed by atoms with van der Waals surface area (Å²) in [6, 6.07) is 9.71. The van der Waals surface area contributed by atoms with Crippen LogP contribution in [0.2, 0.25) is 21.6 Å². The molecule has 0 bridgehead atoms. The summed E-state index contributed by atoms with van der Waals surface area (Å²) in [5, 5.41) is 16.5. The van der Waals surface area contributed by atoms with Crippen LogP contribution < -0.4 is 10.2 Å². The number of nitrogens with one attached hydrogen (secondary N) is 1. The lowest BCUT2D eigenvalue weighted by molar-refractivity contribution is 0.0941. The molecule has 0 aliphatic heterocycles. The van der Waals surface area contributed by atoms with Gasteiger partial charge in [-0.3, -0.25) is 4.79 Å². The van der Waals surface area contributed by atoms with Crippen molar-refractivity contribution in [2.24, 2.45) is 5.92 Å². The molecule has 2 heterocycles. The second-order valence-corrected chi connectivity index (χ2v) is 19.3. The van der Waals surface area contributed by atoms with Crippen molar-refractivity contribution < 1.29 is 14.3 Å². The van der Waals surface area contributed by atoms with E-state index >= 15 is 0 Å². The molecule has 7 nitrogen and oxygen atoms in total. The molecule has 2 aromatic heterocycles. The lowest BCUT2D eigenvalue weighted by Crippen LogP contribution is -2.51. The third-order valence-electron chi connectivity index (χ3n) is 8.77. The molecule has 10 heteroatoms. The van der Waals surface area contributed by atoms with Gasteiger partial charge in [-0.05, 0) is 64.7 Å². The highest BCUT2D eigenvalue weighted by molar-refractivity contribution is 7.12. The molecular weight excluding hydrogens is 584 g/mol. The Bertz CT molecular complexity index is 1330. The van der Waals surface area contributed by atoms with Crippen LogP contribution in [0.4, 0.5) is 11.5 Å². The van der Waals surface area contributed by atoms with E-state index in [1.165, 1.54) is 17.7 Å². The number of hydrogen-bond donors (Lipinski definition) is 2. The highest BCUT2D eigenvalue weighted by Gasteiger charge is 2.49. The molecule has 1 fully saturated rings. The lowest BCUT2D eigenvalue weighted by Gasteiger charge is -2.45. The summed E-state index contributed by atoms with van der Waals surface area (Å²) >= 11 is 7.59. The Morgan fingerprint density at radius 3 is 2.52 bits per heavy atom. The van der Waals surface area contributed by atoms with E-state index in [1.807, 2.05) is 42.8 Å².